The molecule has 3 nitrogen and oxygen atoms in total. The van der Waals surface area contributed by atoms with Crippen LogP contribution in [0.4, 0.5) is 0 Å². The number of nitrogens with zero attached hydrogens (tertiary/aromatic N) is 1. The Labute approximate surface area is 131 Å². The summed E-state index contributed by atoms with van der Waals surface area (Å²) in [5.41, 5.74) is 0. The Morgan fingerprint density at radius 3 is 2.52 bits per heavy atom. The molecule has 2 aliphatic carbocycles. The molecule has 0 heterocycles. The third kappa shape index (κ3) is 5.22. The number of hydrogen-bond donors (Lipinski definition) is 2. The van der Waals surface area contributed by atoms with Gasteiger partial charge in [-0.05, 0) is 50.5 Å². The molecule has 2 aliphatic rings. The van der Waals surface area contributed by atoms with Crippen molar-refractivity contribution in [1.29, 1.82) is 0 Å². The van der Waals surface area contributed by atoms with Crippen molar-refractivity contribution in [2.45, 2.75) is 77.3 Å². The van der Waals surface area contributed by atoms with E-state index in [4.69, 9.17) is 0 Å². The molecule has 0 aromatic carbocycles. The molecule has 0 aromatic heterocycles. The molecule has 3 unspecified atom stereocenters. The molecule has 2 N–H and O–H groups in total. The number of nitrogens with one attached hydrogen (secondary N) is 1. The Morgan fingerprint density at radius 2 is 1.86 bits per heavy atom. The summed E-state index contributed by atoms with van der Waals surface area (Å²) in [4.78, 5) is 2.62. The van der Waals surface area contributed by atoms with Crippen LogP contribution in [0.1, 0.15) is 65.2 Å². The van der Waals surface area contributed by atoms with Crippen LogP contribution in [0.5, 0.6) is 0 Å². The Balaban J connectivity index is 1.95. The molecule has 0 spiro atoms. The van der Waals surface area contributed by atoms with Crippen molar-refractivity contribution in [2.75, 3.05) is 26.2 Å². The summed E-state index contributed by atoms with van der Waals surface area (Å²) in [6.07, 6.45) is 10.9. The second-order valence-electron chi connectivity index (χ2n) is 7.35. The van der Waals surface area contributed by atoms with Crippen molar-refractivity contribution in [3.05, 3.63) is 0 Å². The van der Waals surface area contributed by atoms with Gasteiger partial charge in [0.2, 0.25) is 0 Å². The van der Waals surface area contributed by atoms with Crippen molar-refractivity contribution < 1.29 is 5.11 Å². The van der Waals surface area contributed by atoms with Gasteiger partial charge in [-0.3, -0.25) is 4.90 Å². The average Bonchev–Trinajstić information content (AvgIpc) is 2.50. The van der Waals surface area contributed by atoms with Crippen LogP contribution in [0.2, 0.25) is 0 Å². The second kappa shape index (κ2) is 9.12. The molecule has 2 rings (SSSR count). The van der Waals surface area contributed by atoms with Crippen molar-refractivity contribution in [3.63, 3.8) is 0 Å². The maximum atomic E-state index is 9.46. The predicted octanol–water partition coefficient (Wildman–Crippen LogP) is 3.03. The van der Waals surface area contributed by atoms with Gasteiger partial charge in [-0.25, -0.2) is 0 Å². The zero-order valence-electron chi connectivity index (χ0n) is 14.2. The Kier molecular flexibility index (Phi) is 7.48. The fourth-order valence-electron chi connectivity index (χ4n) is 4.53. The molecule has 3 heteroatoms. The summed E-state index contributed by atoms with van der Waals surface area (Å²) in [7, 11) is 0. The van der Waals surface area contributed by atoms with Crippen LogP contribution in [0.15, 0.2) is 0 Å². The number of aliphatic hydroxyl groups excluding tert-OH is 1. The van der Waals surface area contributed by atoms with Gasteiger partial charge in [0.1, 0.15) is 0 Å². The SMILES string of the molecule is CCNC1CCC(C)CC1CN(CCO)C1CCCCC1. The third-order valence-electron chi connectivity index (χ3n) is 5.66. The quantitative estimate of drug-likeness (QED) is 0.758. The number of hydrogen-bond acceptors (Lipinski definition) is 3. The van der Waals surface area contributed by atoms with Gasteiger partial charge in [0, 0.05) is 25.2 Å². The average molecular weight is 296 g/mol. The fourth-order valence-corrected chi connectivity index (χ4v) is 4.53. The third-order valence-corrected chi connectivity index (χ3v) is 5.66. The first-order valence-electron chi connectivity index (χ1n) is 9.32. The van der Waals surface area contributed by atoms with Gasteiger partial charge in [-0.1, -0.05) is 33.1 Å². The van der Waals surface area contributed by atoms with E-state index in [1.54, 1.807) is 0 Å². The summed E-state index contributed by atoms with van der Waals surface area (Å²) in [5.74, 6) is 1.63. The van der Waals surface area contributed by atoms with Gasteiger partial charge in [0.25, 0.3) is 0 Å². The molecule has 0 radical (unpaired) electrons. The van der Waals surface area contributed by atoms with E-state index in [0.717, 1.165) is 31.0 Å². The van der Waals surface area contributed by atoms with Gasteiger partial charge in [-0.2, -0.15) is 0 Å². The lowest BCUT2D eigenvalue weighted by atomic mass is 9.78. The highest BCUT2D eigenvalue weighted by Crippen LogP contribution is 2.31. The van der Waals surface area contributed by atoms with E-state index in [1.807, 2.05) is 0 Å². The molecule has 2 fully saturated rings. The summed E-state index contributed by atoms with van der Waals surface area (Å²) in [6, 6.07) is 1.42. The highest BCUT2D eigenvalue weighted by Gasteiger charge is 2.31. The van der Waals surface area contributed by atoms with Gasteiger partial charge < -0.3 is 10.4 Å². The highest BCUT2D eigenvalue weighted by atomic mass is 16.3. The first-order valence-corrected chi connectivity index (χ1v) is 9.32. The molecule has 0 aliphatic heterocycles. The smallest absolute Gasteiger partial charge is 0.0558 e. The highest BCUT2D eigenvalue weighted by molar-refractivity contribution is 4.87. The van der Waals surface area contributed by atoms with Crippen molar-refractivity contribution in [1.82, 2.24) is 10.2 Å². The standard InChI is InChI=1S/C18H36N2O/c1-3-19-18-10-9-15(2)13-16(18)14-20(11-12-21)17-7-5-4-6-8-17/h15-19,21H,3-14H2,1-2H3. The largest absolute Gasteiger partial charge is 0.395 e. The maximum Gasteiger partial charge on any atom is 0.0558 e. The molecule has 124 valence electrons. The van der Waals surface area contributed by atoms with E-state index >= 15 is 0 Å². The second-order valence-corrected chi connectivity index (χ2v) is 7.35. The Hall–Kier alpha value is -0.120. The molecule has 3 atom stereocenters. The van der Waals surface area contributed by atoms with Crippen LogP contribution in [0.25, 0.3) is 0 Å². The topological polar surface area (TPSA) is 35.5 Å². The Morgan fingerprint density at radius 1 is 1.10 bits per heavy atom. The zero-order valence-corrected chi connectivity index (χ0v) is 14.2. The minimum atomic E-state index is 0.310. The van der Waals surface area contributed by atoms with Crippen LogP contribution in [-0.4, -0.2) is 48.3 Å². The van der Waals surface area contributed by atoms with Crippen molar-refractivity contribution in [2.24, 2.45) is 11.8 Å². The fraction of sp³-hybridized carbons (Fsp3) is 1.00. The van der Waals surface area contributed by atoms with Crippen LogP contribution < -0.4 is 5.32 Å². The monoisotopic (exact) mass is 296 g/mol. The molecule has 0 saturated heterocycles. The van der Waals surface area contributed by atoms with Gasteiger partial charge in [0.05, 0.1) is 6.61 Å². The van der Waals surface area contributed by atoms with Gasteiger partial charge in [0.15, 0.2) is 0 Å². The van der Waals surface area contributed by atoms with E-state index < -0.39 is 0 Å². The van der Waals surface area contributed by atoms with Crippen molar-refractivity contribution in [3.8, 4) is 0 Å². The molecule has 21 heavy (non-hydrogen) atoms. The predicted molar refractivity (Wildman–Crippen MR) is 89.5 cm³/mol. The van der Waals surface area contributed by atoms with E-state index in [2.05, 4.69) is 24.1 Å². The van der Waals surface area contributed by atoms with Crippen LogP contribution in [0.3, 0.4) is 0 Å². The van der Waals surface area contributed by atoms with E-state index in [0.29, 0.717) is 12.6 Å². The lowest BCUT2D eigenvalue weighted by molar-refractivity contribution is 0.0785. The summed E-state index contributed by atoms with van der Waals surface area (Å²) in [6.45, 7) is 8.08. The molecular formula is C18H36N2O. The minimum Gasteiger partial charge on any atom is -0.395 e. The van der Waals surface area contributed by atoms with E-state index in [9.17, 15) is 5.11 Å². The minimum absolute atomic E-state index is 0.310. The molecule has 2 saturated carbocycles. The first-order chi connectivity index (χ1) is 10.2. The van der Waals surface area contributed by atoms with Crippen LogP contribution in [-0.2, 0) is 0 Å². The Bertz CT molecular complexity index is 274. The zero-order chi connectivity index (χ0) is 15.1. The summed E-state index contributed by atoms with van der Waals surface area (Å²) in [5, 5.41) is 13.2. The molecular weight excluding hydrogens is 260 g/mol. The number of rotatable bonds is 7. The molecule has 0 aromatic rings. The van der Waals surface area contributed by atoms with E-state index in [-0.39, 0.29) is 0 Å². The van der Waals surface area contributed by atoms with E-state index in [1.165, 1.54) is 57.9 Å². The normalized spacial score (nSPS) is 31.7. The van der Waals surface area contributed by atoms with Crippen LogP contribution >= 0.6 is 0 Å². The van der Waals surface area contributed by atoms with Gasteiger partial charge >= 0.3 is 0 Å². The van der Waals surface area contributed by atoms with Crippen LogP contribution in [0, 0.1) is 11.8 Å². The maximum absolute atomic E-state index is 9.46. The molecule has 0 bridgehead atoms. The molecule has 0 amide bonds. The summed E-state index contributed by atoms with van der Waals surface area (Å²) >= 11 is 0. The first kappa shape index (κ1) is 17.2. The lowest BCUT2D eigenvalue weighted by Gasteiger charge is -2.41. The lowest BCUT2D eigenvalue weighted by Crippen LogP contribution is -2.49. The van der Waals surface area contributed by atoms with Crippen molar-refractivity contribution >= 4 is 0 Å². The van der Waals surface area contributed by atoms with Gasteiger partial charge in [-0.15, -0.1) is 0 Å². The number of aliphatic hydroxyl groups is 1. The summed E-state index contributed by atoms with van der Waals surface area (Å²) < 4.78 is 0.